The largest absolute Gasteiger partial charge is 0.416 e. The highest BCUT2D eigenvalue weighted by Gasteiger charge is 2.29. The highest BCUT2D eigenvalue weighted by atomic mass is 32.2. The average Bonchev–Trinajstić information content (AvgIpc) is 2.61. The molecule has 2 aromatic rings. The minimum Gasteiger partial charge on any atom is -0.352 e. The molecule has 0 saturated heterocycles. The minimum atomic E-state index is -4.42. The molecule has 2 amide bonds. The van der Waals surface area contributed by atoms with Crippen molar-refractivity contribution < 1.29 is 31.2 Å². The van der Waals surface area contributed by atoms with Crippen molar-refractivity contribution in [2.75, 3.05) is 22.8 Å². The fourth-order valence-corrected chi connectivity index (χ4v) is 3.16. The Morgan fingerprint density at radius 3 is 2.20 bits per heavy atom. The van der Waals surface area contributed by atoms with Crippen molar-refractivity contribution in [3.05, 3.63) is 59.2 Å². The topological polar surface area (TPSA) is 104 Å². The molecule has 0 aromatic heterocycles. The van der Waals surface area contributed by atoms with E-state index in [1.54, 1.807) is 0 Å². The van der Waals surface area contributed by atoms with Crippen LogP contribution in [-0.2, 0) is 27.4 Å². The van der Waals surface area contributed by atoms with Gasteiger partial charge in [0.15, 0.2) is 0 Å². The van der Waals surface area contributed by atoms with E-state index in [2.05, 4.69) is 15.4 Å². The molecule has 0 bridgehead atoms. The van der Waals surface area contributed by atoms with Gasteiger partial charge in [0.05, 0.1) is 23.1 Å². The summed E-state index contributed by atoms with van der Waals surface area (Å²) in [4.78, 5) is 23.8. The number of hydrogen-bond acceptors (Lipinski definition) is 4. The number of carbonyl (C=O) groups excluding carboxylic acids is 2. The molecule has 0 radical (unpaired) electrons. The molecule has 162 valence electrons. The molecular formula is C19H20F3N3O4S. The quantitative estimate of drug-likeness (QED) is 0.612. The van der Waals surface area contributed by atoms with Crippen molar-refractivity contribution in [2.24, 2.45) is 0 Å². The molecular weight excluding hydrogens is 423 g/mol. The summed E-state index contributed by atoms with van der Waals surface area (Å²) in [6.07, 6.45) is -3.22. The maximum absolute atomic E-state index is 12.6. The molecule has 0 unspecified atom stereocenters. The molecule has 0 atom stereocenters. The number of sulfonamides is 1. The molecule has 2 rings (SSSR count). The molecule has 30 heavy (non-hydrogen) atoms. The van der Waals surface area contributed by atoms with E-state index in [0.717, 1.165) is 18.4 Å². The highest BCUT2D eigenvalue weighted by Crippen LogP contribution is 2.29. The van der Waals surface area contributed by atoms with Crippen LogP contribution in [0.5, 0.6) is 0 Å². The van der Waals surface area contributed by atoms with E-state index in [-0.39, 0.29) is 30.1 Å². The summed E-state index contributed by atoms with van der Waals surface area (Å²) in [5.74, 6) is -0.979. The van der Waals surface area contributed by atoms with Gasteiger partial charge in [-0.15, -0.1) is 0 Å². The zero-order valence-electron chi connectivity index (χ0n) is 16.1. The second kappa shape index (κ2) is 9.16. The fraction of sp³-hybridized carbons (Fsp3) is 0.263. The van der Waals surface area contributed by atoms with Gasteiger partial charge in [-0.1, -0.05) is 12.1 Å². The third-order valence-electron chi connectivity index (χ3n) is 3.86. The zero-order chi connectivity index (χ0) is 22.5. The van der Waals surface area contributed by atoms with Gasteiger partial charge in [0, 0.05) is 19.2 Å². The number of rotatable bonds is 7. The van der Waals surface area contributed by atoms with Gasteiger partial charge < -0.3 is 10.6 Å². The first-order chi connectivity index (χ1) is 13.8. The number of carbonyl (C=O) groups is 2. The molecule has 11 heteroatoms. The fourth-order valence-electron chi connectivity index (χ4n) is 2.58. The Balaban J connectivity index is 2.11. The van der Waals surface area contributed by atoms with Crippen molar-refractivity contribution in [3.8, 4) is 0 Å². The van der Waals surface area contributed by atoms with Crippen LogP contribution >= 0.6 is 0 Å². The van der Waals surface area contributed by atoms with Gasteiger partial charge in [0.1, 0.15) is 0 Å². The van der Waals surface area contributed by atoms with Crippen molar-refractivity contribution in [2.45, 2.75) is 19.5 Å². The maximum atomic E-state index is 12.6. The first kappa shape index (κ1) is 23.2. The second-order valence-electron chi connectivity index (χ2n) is 6.52. The number of anilines is 2. The van der Waals surface area contributed by atoms with Crippen LogP contribution in [0.4, 0.5) is 24.5 Å². The van der Waals surface area contributed by atoms with Crippen LogP contribution in [0, 0.1) is 0 Å². The Morgan fingerprint density at radius 2 is 1.67 bits per heavy atom. The second-order valence-corrected chi connectivity index (χ2v) is 8.26. The van der Waals surface area contributed by atoms with Gasteiger partial charge in [-0.25, -0.2) is 8.42 Å². The van der Waals surface area contributed by atoms with Gasteiger partial charge in [0.2, 0.25) is 15.9 Å². The molecule has 0 aliphatic rings. The van der Waals surface area contributed by atoms with E-state index < -0.39 is 27.7 Å². The molecule has 7 nitrogen and oxygen atoms in total. The zero-order valence-corrected chi connectivity index (χ0v) is 16.9. The summed E-state index contributed by atoms with van der Waals surface area (Å²) in [6, 6.07) is 8.67. The van der Waals surface area contributed by atoms with Crippen molar-refractivity contribution >= 4 is 33.2 Å². The summed E-state index contributed by atoms with van der Waals surface area (Å²) in [5, 5.41) is 5.09. The Hall–Kier alpha value is -3.08. The SMILES string of the molecule is CC(=O)Nc1ccc(NS(C)(=O)=O)c(C(=O)NCCc2ccc(C(F)(F)F)cc2)c1. The van der Waals surface area contributed by atoms with E-state index in [1.807, 2.05) is 0 Å². The Labute approximate surface area is 171 Å². The summed E-state index contributed by atoms with van der Waals surface area (Å²) >= 11 is 0. The van der Waals surface area contributed by atoms with Crippen LogP contribution in [0.15, 0.2) is 42.5 Å². The van der Waals surface area contributed by atoms with Crippen LogP contribution in [0.1, 0.15) is 28.4 Å². The summed E-state index contributed by atoms with van der Waals surface area (Å²) in [7, 11) is -3.66. The summed E-state index contributed by atoms with van der Waals surface area (Å²) < 4.78 is 63.1. The van der Waals surface area contributed by atoms with E-state index in [0.29, 0.717) is 11.3 Å². The highest BCUT2D eigenvalue weighted by molar-refractivity contribution is 7.92. The van der Waals surface area contributed by atoms with E-state index in [9.17, 15) is 31.2 Å². The number of alkyl halides is 3. The number of nitrogens with one attached hydrogen (secondary N) is 3. The van der Waals surface area contributed by atoms with Crippen molar-refractivity contribution in [1.82, 2.24) is 5.32 Å². The van der Waals surface area contributed by atoms with Gasteiger partial charge in [-0.2, -0.15) is 13.2 Å². The predicted molar refractivity (Wildman–Crippen MR) is 107 cm³/mol. The summed E-state index contributed by atoms with van der Waals surface area (Å²) in [6.45, 7) is 1.39. The molecule has 3 N–H and O–H groups in total. The molecule has 0 saturated carbocycles. The Morgan fingerprint density at radius 1 is 1.03 bits per heavy atom. The van der Waals surface area contributed by atoms with Crippen LogP contribution in [0.3, 0.4) is 0 Å². The lowest BCUT2D eigenvalue weighted by Crippen LogP contribution is -2.27. The number of amides is 2. The van der Waals surface area contributed by atoms with Gasteiger partial charge in [-0.3, -0.25) is 14.3 Å². The van der Waals surface area contributed by atoms with Crippen LogP contribution in [-0.4, -0.2) is 33.0 Å². The molecule has 0 fully saturated rings. The first-order valence-corrected chi connectivity index (χ1v) is 10.6. The number of hydrogen-bond donors (Lipinski definition) is 3. The standard InChI is InChI=1S/C19H20F3N3O4S/c1-12(26)24-15-7-8-17(25-30(2,28)29)16(11-15)18(27)23-10-9-13-3-5-14(6-4-13)19(20,21)22/h3-8,11,25H,9-10H2,1-2H3,(H,23,27)(H,24,26). The van der Waals surface area contributed by atoms with Crippen molar-refractivity contribution in [1.29, 1.82) is 0 Å². The van der Waals surface area contributed by atoms with Gasteiger partial charge >= 0.3 is 6.18 Å². The first-order valence-electron chi connectivity index (χ1n) is 8.69. The van der Waals surface area contributed by atoms with Gasteiger partial charge in [-0.05, 0) is 42.3 Å². The van der Waals surface area contributed by atoms with E-state index in [4.69, 9.17) is 0 Å². The number of halogens is 3. The van der Waals surface area contributed by atoms with Crippen LogP contribution < -0.4 is 15.4 Å². The van der Waals surface area contributed by atoms with Gasteiger partial charge in [0.25, 0.3) is 5.91 Å². The third kappa shape index (κ3) is 7.07. The van der Waals surface area contributed by atoms with Crippen molar-refractivity contribution in [3.63, 3.8) is 0 Å². The third-order valence-corrected chi connectivity index (χ3v) is 4.45. The molecule has 0 heterocycles. The molecule has 0 aliphatic heterocycles. The average molecular weight is 443 g/mol. The van der Waals surface area contributed by atoms with E-state index in [1.165, 1.54) is 37.3 Å². The monoisotopic (exact) mass is 443 g/mol. The predicted octanol–water partition coefficient (Wildman–Crippen LogP) is 3.01. The van der Waals surface area contributed by atoms with Crippen LogP contribution in [0.2, 0.25) is 0 Å². The number of benzene rings is 2. The minimum absolute atomic E-state index is 0.0147. The lowest BCUT2D eigenvalue weighted by molar-refractivity contribution is -0.137. The Kier molecular flexibility index (Phi) is 7.08. The maximum Gasteiger partial charge on any atom is 0.416 e. The smallest absolute Gasteiger partial charge is 0.352 e. The summed E-state index contributed by atoms with van der Waals surface area (Å²) in [5.41, 5.74) is 0.138. The normalized spacial score (nSPS) is 11.6. The Bertz CT molecular complexity index is 1040. The molecule has 0 spiro atoms. The molecule has 0 aliphatic carbocycles. The lowest BCUT2D eigenvalue weighted by Gasteiger charge is -2.13. The van der Waals surface area contributed by atoms with Crippen LogP contribution in [0.25, 0.3) is 0 Å². The van der Waals surface area contributed by atoms with E-state index >= 15 is 0 Å². The molecule has 2 aromatic carbocycles. The lowest BCUT2D eigenvalue weighted by atomic mass is 10.1.